The molecule has 1 aliphatic rings. The minimum absolute atomic E-state index is 0.0240. The average Bonchev–Trinajstić information content (AvgIpc) is 2.85. The lowest BCUT2D eigenvalue weighted by molar-refractivity contribution is 0.284. The van der Waals surface area contributed by atoms with Crippen molar-refractivity contribution in [3.63, 3.8) is 0 Å². The fourth-order valence-electron chi connectivity index (χ4n) is 4.95. The highest BCUT2D eigenvalue weighted by atomic mass is 19.2. The highest BCUT2D eigenvalue weighted by Crippen LogP contribution is 2.40. The highest BCUT2D eigenvalue weighted by molar-refractivity contribution is 5.65. The molecule has 0 N–H and O–H groups in total. The molecule has 3 aromatic rings. The summed E-state index contributed by atoms with van der Waals surface area (Å²) < 4.78 is 63.1. The van der Waals surface area contributed by atoms with Crippen molar-refractivity contribution in [2.75, 3.05) is 0 Å². The molecule has 0 aliphatic heterocycles. The molecule has 0 spiro atoms. The van der Waals surface area contributed by atoms with Gasteiger partial charge in [-0.15, -0.1) is 0 Å². The van der Waals surface area contributed by atoms with Crippen LogP contribution in [-0.4, -0.2) is 0 Å². The second kappa shape index (κ2) is 10.6. The van der Waals surface area contributed by atoms with Gasteiger partial charge in [-0.3, -0.25) is 0 Å². The van der Waals surface area contributed by atoms with Gasteiger partial charge in [-0.25, -0.2) is 13.2 Å². The summed E-state index contributed by atoms with van der Waals surface area (Å²) in [6, 6.07) is 13.0. The Bertz CT molecular complexity index is 1130. The van der Waals surface area contributed by atoms with Crippen LogP contribution in [0.1, 0.15) is 68.1 Å². The van der Waals surface area contributed by atoms with Crippen LogP contribution in [0.4, 0.5) is 17.6 Å². The molecule has 180 valence electrons. The number of aryl methyl sites for hydroxylation is 1. The molecule has 34 heavy (non-hydrogen) atoms. The molecule has 4 rings (SSSR count). The smallest absolute Gasteiger partial charge is 0.200 e. The zero-order valence-corrected chi connectivity index (χ0v) is 19.6. The fraction of sp³-hybridized carbons (Fsp3) is 0.379. The van der Waals surface area contributed by atoms with Gasteiger partial charge in [0.25, 0.3) is 0 Å². The van der Waals surface area contributed by atoms with E-state index >= 15 is 8.78 Å². The molecule has 1 fully saturated rings. The third kappa shape index (κ3) is 5.13. The van der Waals surface area contributed by atoms with Crippen molar-refractivity contribution < 1.29 is 22.3 Å². The van der Waals surface area contributed by atoms with E-state index in [9.17, 15) is 8.78 Å². The maximum absolute atomic E-state index is 15.0. The van der Waals surface area contributed by atoms with Crippen molar-refractivity contribution in [2.45, 2.75) is 64.9 Å². The predicted octanol–water partition coefficient (Wildman–Crippen LogP) is 8.87. The first kappa shape index (κ1) is 24.3. The van der Waals surface area contributed by atoms with Gasteiger partial charge in [-0.1, -0.05) is 62.2 Å². The van der Waals surface area contributed by atoms with Crippen LogP contribution in [0.15, 0.2) is 48.5 Å². The Morgan fingerprint density at radius 2 is 1.47 bits per heavy atom. The minimum Gasteiger partial charge on any atom is -0.486 e. The predicted molar refractivity (Wildman–Crippen MR) is 127 cm³/mol. The number of halogens is 4. The summed E-state index contributed by atoms with van der Waals surface area (Å²) in [6.45, 7) is 3.69. The van der Waals surface area contributed by atoms with Gasteiger partial charge in [-0.05, 0) is 72.8 Å². The van der Waals surface area contributed by atoms with Crippen molar-refractivity contribution in [1.82, 2.24) is 0 Å². The number of rotatable bonds is 7. The first-order chi connectivity index (χ1) is 16.4. The SMILES string of the molecule is CCCC1CCC(c2ccc(-c3ccc(COc4ccc(C)c(F)c4F)cc3)c(F)c2F)CC1. The lowest BCUT2D eigenvalue weighted by Crippen LogP contribution is -2.15. The van der Waals surface area contributed by atoms with Crippen LogP contribution in [0, 0.1) is 36.1 Å². The van der Waals surface area contributed by atoms with E-state index in [0.717, 1.165) is 25.7 Å². The molecule has 0 radical (unpaired) electrons. The van der Waals surface area contributed by atoms with Crippen LogP contribution in [0.3, 0.4) is 0 Å². The molecule has 0 atom stereocenters. The maximum Gasteiger partial charge on any atom is 0.200 e. The molecule has 0 bridgehead atoms. The van der Waals surface area contributed by atoms with E-state index in [1.165, 1.54) is 31.9 Å². The van der Waals surface area contributed by atoms with Crippen LogP contribution < -0.4 is 4.74 Å². The summed E-state index contributed by atoms with van der Waals surface area (Å²) in [6.07, 6.45) is 6.33. The van der Waals surface area contributed by atoms with E-state index in [1.807, 2.05) is 0 Å². The van der Waals surface area contributed by atoms with Gasteiger partial charge in [0.2, 0.25) is 5.82 Å². The van der Waals surface area contributed by atoms with Crippen molar-refractivity contribution in [2.24, 2.45) is 5.92 Å². The number of hydrogen-bond acceptors (Lipinski definition) is 1. The van der Waals surface area contributed by atoms with Crippen molar-refractivity contribution in [1.29, 1.82) is 0 Å². The monoisotopic (exact) mass is 470 g/mol. The molecule has 1 aliphatic carbocycles. The number of ether oxygens (including phenoxy) is 1. The van der Waals surface area contributed by atoms with Crippen LogP contribution in [0.5, 0.6) is 5.75 Å². The molecule has 3 aromatic carbocycles. The van der Waals surface area contributed by atoms with Gasteiger partial charge in [0.1, 0.15) is 6.61 Å². The minimum atomic E-state index is -1.02. The second-order valence-electron chi connectivity index (χ2n) is 9.33. The Balaban J connectivity index is 1.44. The molecule has 5 heteroatoms. The Labute approximate surface area is 198 Å². The summed E-state index contributed by atoms with van der Waals surface area (Å²) in [5.41, 5.74) is 2.14. The first-order valence-corrected chi connectivity index (χ1v) is 12.0. The maximum atomic E-state index is 15.0. The van der Waals surface area contributed by atoms with Crippen molar-refractivity contribution in [3.8, 4) is 16.9 Å². The summed E-state index contributed by atoms with van der Waals surface area (Å²) >= 11 is 0. The normalized spacial score (nSPS) is 18.2. The average molecular weight is 471 g/mol. The molecule has 1 nitrogen and oxygen atoms in total. The first-order valence-electron chi connectivity index (χ1n) is 12.0. The zero-order chi connectivity index (χ0) is 24.2. The van der Waals surface area contributed by atoms with Crippen LogP contribution in [0.2, 0.25) is 0 Å². The molecule has 0 heterocycles. The van der Waals surface area contributed by atoms with Crippen molar-refractivity contribution >= 4 is 0 Å². The lowest BCUT2D eigenvalue weighted by atomic mass is 9.77. The van der Waals surface area contributed by atoms with E-state index in [4.69, 9.17) is 4.74 Å². The lowest BCUT2D eigenvalue weighted by Gasteiger charge is -2.29. The fourth-order valence-corrected chi connectivity index (χ4v) is 4.95. The van der Waals surface area contributed by atoms with Crippen LogP contribution in [0.25, 0.3) is 11.1 Å². The summed E-state index contributed by atoms with van der Waals surface area (Å²) in [5.74, 6) is -2.91. The third-order valence-corrected chi connectivity index (χ3v) is 6.99. The summed E-state index contributed by atoms with van der Waals surface area (Å²) in [4.78, 5) is 0. The van der Waals surface area contributed by atoms with Gasteiger partial charge in [0, 0.05) is 5.56 Å². The molecular weight excluding hydrogens is 440 g/mol. The zero-order valence-electron chi connectivity index (χ0n) is 19.6. The van der Waals surface area contributed by atoms with Crippen molar-refractivity contribution in [3.05, 3.63) is 88.5 Å². The summed E-state index contributed by atoms with van der Waals surface area (Å²) in [5, 5.41) is 0. The topological polar surface area (TPSA) is 9.23 Å². The molecule has 0 unspecified atom stereocenters. The Kier molecular flexibility index (Phi) is 7.60. The van der Waals surface area contributed by atoms with E-state index in [0.29, 0.717) is 22.6 Å². The summed E-state index contributed by atoms with van der Waals surface area (Å²) in [7, 11) is 0. The van der Waals surface area contributed by atoms with E-state index in [-0.39, 0.29) is 29.4 Å². The highest BCUT2D eigenvalue weighted by Gasteiger charge is 2.26. The van der Waals surface area contributed by atoms with Gasteiger partial charge >= 0.3 is 0 Å². The number of benzene rings is 3. The van der Waals surface area contributed by atoms with Crippen LogP contribution >= 0.6 is 0 Å². The van der Waals surface area contributed by atoms with Gasteiger partial charge in [0.05, 0.1) is 0 Å². The Morgan fingerprint density at radius 3 is 2.15 bits per heavy atom. The van der Waals surface area contributed by atoms with E-state index in [2.05, 4.69) is 6.92 Å². The van der Waals surface area contributed by atoms with Gasteiger partial charge < -0.3 is 4.74 Å². The molecular formula is C29H30F4O. The molecule has 0 aromatic heterocycles. The Hall–Kier alpha value is -2.82. The van der Waals surface area contributed by atoms with Gasteiger partial charge in [0.15, 0.2) is 23.2 Å². The standard InChI is InChI=1S/C29H30F4O/c1-3-4-19-6-10-21(11-7-19)23-14-15-24(28(32)27(23)31)22-12-8-20(9-13-22)17-34-25-16-5-18(2)26(30)29(25)33/h5,8-9,12-16,19,21H,3-4,6-7,10-11,17H2,1-2H3. The van der Waals surface area contributed by atoms with E-state index in [1.54, 1.807) is 36.4 Å². The third-order valence-electron chi connectivity index (χ3n) is 6.99. The largest absolute Gasteiger partial charge is 0.486 e. The quantitative estimate of drug-likeness (QED) is 0.313. The molecule has 0 amide bonds. The van der Waals surface area contributed by atoms with E-state index < -0.39 is 23.3 Å². The number of hydrogen-bond donors (Lipinski definition) is 0. The van der Waals surface area contributed by atoms with Crippen LogP contribution in [-0.2, 0) is 6.61 Å². The Morgan fingerprint density at radius 1 is 0.765 bits per heavy atom. The second-order valence-corrected chi connectivity index (χ2v) is 9.33. The van der Waals surface area contributed by atoms with Gasteiger partial charge in [-0.2, -0.15) is 4.39 Å². The molecule has 0 saturated heterocycles. The molecule has 1 saturated carbocycles.